The smallest absolute Gasteiger partial charge is 0.352 e. The van der Waals surface area contributed by atoms with Gasteiger partial charge >= 0.3 is 11.9 Å². The minimum absolute atomic E-state index is 0.0327. The van der Waals surface area contributed by atoms with Crippen LogP contribution in [0, 0.1) is 0 Å². The Morgan fingerprint density at radius 2 is 1.72 bits per heavy atom. The Morgan fingerprint density at radius 1 is 1.00 bits per heavy atom. The summed E-state index contributed by atoms with van der Waals surface area (Å²) in [5.74, 6) is -2.26. The van der Waals surface area contributed by atoms with Gasteiger partial charge in [-0.3, -0.25) is 4.79 Å². The fourth-order valence-corrected chi connectivity index (χ4v) is 3.26. The summed E-state index contributed by atoms with van der Waals surface area (Å²) < 4.78 is 1.59. The Morgan fingerprint density at radius 3 is 2.36 bits per heavy atom. The molecule has 3 aromatic rings. The zero-order valence-corrected chi connectivity index (χ0v) is 14.4. The second kappa shape index (κ2) is 6.78. The molecule has 25 heavy (non-hydrogen) atoms. The van der Waals surface area contributed by atoms with Crippen molar-refractivity contribution in [2.45, 2.75) is 13.0 Å². The van der Waals surface area contributed by atoms with E-state index in [4.69, 9.17) is 28.3 Å². The number of rotatable bonds is 5. The van der Waals surface area contributed by atoms with Gasteiger partial charge in [0.05, 0.1) is 16.5 Å². The number of carbonyl (C=O) groups is 2. The lowest BCUT2D eigenvalue weighted by Gasteiger charge is -2.10. The number of fused-ring (bicyclic) bond motifs is 1. The van der Waals surface area contributed by atoms with Gasteiger partial charge in [-0.05, 0) is 23.8 Å². The molecule has 0 radical (unpaired) electrons. The summed E-state index contributed by atoms with van der Waals surface area (Å²) >= 11 is 12.0. The van der Waals surface area contributed by atoms with Gasteiger partial charge in [0.25, 0.3) is 0 Å². The summed E-state index contributed by atoms with van der Waals surface area (Å²) in [7, 11) is 0. The molecule has 0 spiro atoms. The maximum Gasteiger partial charge on any atom is 0.352 e. The van der Waals surface area contributed by atoms with Crippen LogP contribution in [0.1, 0.15) is 21.6 Å². The first kappa shape index (κ1) is 17.3. The van der Waals surface area contributed by atoms with E-state index in [1.807, 2.05) is 0 Å². The van der Waals surface area contributed by atoms with E-state index in [1.165, 1.54) is 0 Å². The van der Waals surface area contributed by atoms with E-state index in [0.717, 1.165) is 5.56 Å². The van der Waals surface area contributed by atoms with Crippen LogP contribution in [0.25, 0.3) is 10.9 Å². The van der Waals surface area contributed by atoms with Crippen molar-refractivity contribution < 1.29 is 19.8 Å². The molecule has 0 unspecified atom stereocenters. The van der Waals surface area contributed by atoms with Crippen LogP contribution in [0.5, 0.6) is 0 Å². The van der Waals surface area contributed by atoms with Crippen LogP contribution in [0.15, 0.2) is 42.5 Å². The van der Waals surface area contributed by atoms with E-state index >= 15 is 0 Å². The molecule has 2 N–H and O–H groups in total. The fraction of sp³-hybridized carbons (Fsp3) is 0.111. The molecular weight excluding hydrogens is 365 g/mol. The number of aromatic carboxylic acids is 1. The minimum atomic E-state index is -1.17. The van der Waals surface area contributed by atoms with Gasteiger partial charge in [0.1, 0.15) is 5.69 Å². The quantitative estimate of drug-likeness (QED) is 0.693. The molecule has 2 aromatic carbocycles. The van der Waals surface area contributed by atoms with Gasteiger partial charge in [0.2, 0.25) is 0 Å². The summed E-state index contributed by atoms with van der Waals surface area (Å²) in [6, 6.07) is 12.1. The average Bonchev–Trinajstić information content (AvgIpc) is 2.85. The monoisotopic (exact) mass is 377 g/mol. The molecule has 1 heterocycles. The number of nitrogens with zero attached hydrogens (tertiary/aromatic N) is 1. The highest BCUT2D eigenvalue weighted by molar-refractivity contribution is 6.42. The Kier molecular flexibility index (Phi) is 4.70. The number of aromatic nitrogens is 1. The molecule has 0 aliphatic rings. The number of hydrogen-bond donors (Lipinski definition) is 2. The lowest BCUT2D eigenvalue weighted by molar-refractivity contribution is -0.136. The third-order valence-corrected chi connectivity index (χ3v) is 4.67. The number of aliphatic carboxylic acids is 1. The lowest BCUT2D eigenvalue weighted by Crippen LogP contribution is -2.13. The molecule has 0 aliphatic carbocycles. The van der Waals surface area contributed by atoms with Gasteiger partial charge in [0, 0.05) is 23.0 Å². The molecule has 0 saturated carbocycles. The van der Waals surface area contributed by atoms with Crippen molar-refractivity contribution in [3.05, 3.63) is 69.3 Å². The predicted molar refractivity (Wildman–Crippen MR) is 95.8 cm³/mol. The SMILES string of the molecule is O=C(O)Cc1c(C(=O)O)n(Cc2ccc(Cl)c(Cl)c2)c2ccccc12. The van der Waals surface area contributed by atoms with Crippen molar-refractivity contribution in [3.63, 3.8) is 0 Å². The van der Waals surface area contributed by atoms with Crippen molar-refractivity contribution in [1.29, 1.82) is 0 Å². The van der Waals surface area contributed by atoms with Crippen molar-refractivity contribution >= 4 is 46.0 Å². The van der Waals surface area contributed by atoms with Crippen molar-refractivity contribution in [2.75, 3.05) is 0 Å². The molecule has 0 amide bonds. The Balaban J connectivity index is 2.22. The topological polar surface area (TPSA) is 79.5 Å². The molecular formula is C18H13Cl2NO4. The van der Waals surface area contributed by atoms with E-state index in [2.05, 4.69) is 0 Å². The molecule has 5 nitrogen and oxygen atoms in total. The van der Waals surface area contributed by atoms with Crippen LogP contribution >= 0.6 is 23.2 Å². The van der Waals surface area contributed by atoms with Gasteiger partial charge in [-0.25, -0.2) is 4.79 Å². The Bertz CT molecular complexity index is 994. The summed E-state index contributed by atoms with van der Waals surface area (Å²) in [6.07, 6.45) is -0.365. The van der Waals surface area contributed by atoms with Crippen LogP contribution in [0.3, 0.4) is 0 Å². The van der Waals surface area contributed by atoms with Gasteiger partial charge in [-0.2, -0.15) is 0 Å². The summed E-state index contributed by atoms with van der Waals surface area (Å²) in [6.45, 7) is 0.235. The largest absolute Gasteiger partial charge is 0.481 e. The maximum atomic E-state index is 11.8. The fourth-order valence-electron chi connectivity index (χ4n) is 2.93. The molecule has 0 fully saturated rings. The second-order valence-electron chi connectivity index (χ2n) is 5.55. The van der Waals surface area contributed by atoms with E-state index in [9.17, 15) is 14.7 Å². The molecule has 3 rings (SSSR count). The van der Waals surface area contributed by atoms with E-state index in [-0.39, 0.29) is 24.2 Å². The van der Waals surface area contributed by atoms with Crippen LogP contribution in [-0.4, -0.2) is 26.7 Å². The molecule has 0 bridgehead atoms. The third kappa shape index (κ3) is 3.34. The number of halogens is 2. The number of hydrogen-bond acceptors (Lipinski definition) is 2. The van der Waals surface area contributed by atoms with Crippen LogP contribution in [-0.2, 0) is 17.8 Å². The highest BCUT2D eigenvalue weighted by Crippen LogP contribution is 2.29. The van der Waals surface area contributed by atoms with Crippen molar-refractivity contribution in [2.24, 2.45) is 0 Å². The lowest BCUT2D eigenvalue weighted by atomic mass is 10.1. The highest BCUT2D eigenvalue weighted by atomic mass is 35.5. The van der Waals surface area contributed by atoms with Gasteiger partial charge in [-0.15, -0.1) is 0 Å². The van der Waals surface area contributed by atoms with Gasteiger partial charge < -0.3 is 14.8 Å². The summed E-state index contributed by atoms with van der Waals surface area (Å²) in [5, 5.41) is 20.2. The number of carboxylic acid groups (broad SMARTS) is 2. The molecule has 128 valence electrons. The zero-order valence-electron chi connectivity index (χ0n) is 12.9. The van der Waals surface area contributed by atoms with E-state index < -0.39 is 11.9 Å². The predicted octanol–water partition coefficient (Wildman–Crippen LogP) is 4.32. The third-order valence-electron chi connectivity index (χ3n) is 3.93. The van der Waals surface area contributed by atoms with Crippen LogP contribution in [0.4, 0.5) is 0 Å². The summed E-state index contributed by atoms with van der Waals surface area (Å²) in [5.41, 5.74) is 1.67. The molecule has 7 heteroatoms. The summed E-state index contributed by atoms with van der Waals surface area (Å²) in [4.78, 5) is 23.0. The minimum Gasteiger partial charge on any atom is -0.481 e. The molecule has 0 saturated heterocycles. The van der Waals surface area contributed by atoms with E-state index in [0.29, 0.717) is 20.9 Å². The zero-order chi connectivity index (χ0) is 18.1. The molecule has 0 atom stereocenters. The van der Waals surface area contributed by atoms with Crippen molar-refractivity contribution in [1.82, 2.24) is 4.57 Å². The standard InChI is InChI=1S/C18H13Cl2NO4/c19-13-6-5-10(7-14(13)20)9-21-15-4-2-1-3-11(15)12(8-16(22)23)17(21)18(24)25/h1-7H,8-9H2,(H,22,23)(H,24,25). The van der Waals surface area contributed by atoms with Crippen molar-refractivity contribution in [3.8, 4) is 0 Å². The van der Waals surface area contributed by atoms with Gasteiger partial charge in [-0.1, -0.05) is 47.5 Å². The van der Waals surface area contributed by atoms with Crippen LogP contribution in [0.2, 0.25) is 10.0 Å². The number of carboxylic acids is 2. The maximum absolute atomic E-state index is 11.8. The van der Waals surface area contributed by atoms with Crippen LogP contribution < -0.4 is 0 Å². The first-order valence-corrected chi connectivity index (χ1v) is 8.13. The first-order valence-electron chi connectivity index (χ1n) is 7.37. The first-order chi connectivity index (χ1) is 11.9. The Hall–Kier alpha value is -2.50. The molecule has 0 aliphatic heterocycles. The second-order valence-corrected chi connectivity index (χ2v) is 6.37. The number of benzene rings is 2. The highest BCUT2D eigenvalue weighted by Gasteiger charge is 2.23. The van der Waals surface area contributed by atoms with Gasteiger partial charge in [0.15, 0.2) is 0 Å². The normalized spacial score (nSPS) is 11.0. The van der Waals surface area contributed by atoms with E-state index in [1.54, 1.807) is 47.0 Å². The molecule has 1 aromatic heterocycles. The Labute approximate surface area is 153 Å². The number of para-hydroxylation sites is 1. The average molecular weight is 378 g/mol.